The Balaban J connectivity index is 1.63. The molecule has 0 aliphatic rings. The van der Waals surface area contributed by atoms with Crippen LogP contribution in [0.4, 0.5) is 4.79 Å². The predicted molar refractivity (Wildman–Crippen MR) is 92.7 cm³/mol. The van der Waals surface area contributed by atoms with Crippen molar-refractivity contribution in [3.05, 3.63) is 58.5 Å². The maximum atomic E-state index is 12.2. The third kappa shape index (κ3) is 3.26. The number of thiophene rings is 1. The number of nitrogens with one attached hydrogen (secondary N) is 2. The van der Waals surface area contributed by atoms with E-state index in [-0.39, 0.29) is 11.9 Å². The first-order chi connectivity index (χ1) is 11.6. The normalized spacial score (nSPS) is 11.9. The van der Waals surface area contributed by atoms with Gasteiger partial charge in [-0.2, -0.15) is 0 Å². The van der Waals surface area contributed by atoms with Crippen molar-refractivity contribution in [2.45, 2.75) is 13.0 Å². The smallest absolute Gasteiger partial charge is 0.336 e. The van der Waals surface area contributed by atoms with Crippen LogP contribution in [0.5, 0.6) is 0 Å². The molecular formula is C17H17N3O3S. The molecule has 0 fully saturated rings. The first kappa shape index (κ1) is 16.1. The van der Waals surface area contributed by atoms with Gasteiger partial charge >= 0.3 is 6.03 Å². The molecular weight excluding hydrogens is 326 g/mol. The van der Waals surface area contributed by atoms with E-state index in [2.05, 4.69) is 10.9 Å². The first-order valence-electron chi connectivity index (χ1n) is 7.41. The summed E-state index contributed by atoms with van der Waals surface area (Å²) >= 11 is 1.30. The number of benzene rings is 1. The molecule has 6 nitrogen and oxygen atoms in total. The summed E-state index contributed by atoms with van der Waals surface area (Å²) in [6, 6.07) is 12.3. The minimum Gasteiger partial charge on any atom is -0.459 e. The van der Waals surface area contributed by atoms with Crippen molar-refractivity contribution in [3.8, 4) is 0 Å². The summed E-state index contributed by atoms with van der Waals surface area (Å²) < 4.78 is 5.78. The summed E-state index contributed by atoms with van der Waals surface area (Å²) in [6.45, 7) is 1.86. The average molecular weight is 343 g/mol. The van der Waals surface area contributed by atoms with Crippen LogP contribution in [0.3, 0.4) is 0 Å². The molecule has 3 aromatic rings. The minimum absolute atomic E-state index is 0.281. The summed E-state index contributed by atoms with van der Waals surface area (Å²) in [5.41, 5.74) is 5.58. The lowest BCUT2D eigenvalue weighted by Crippen LogP contribution is -2.48. The molecule has 0 unspecified atom stereocenters. The van der Waals surface area contributed by atoms with Crippen molar-refractivity contribution in [1.82, 2.24) is 15.8 Å². The highest BCUT2D eigenvalue weighted by Gasteiger charge is 2.21. The Kier molecular flexibility index (Phi) is 4.52. The Bertz CT molecular complexity index is 824. The first-order valence-corrected chi connectivity index (χ1v) is 8.29. The van der Waals surface area contributed by atoms with E-state index in [1.54, 1.807) is 24.6 Å². The van der Waals surface area contributed by atoms with Gasteiger partial charge in [-0.25, -0.2) is 10.2 Å². The van der Waals surface area contributed by atoms with E-state index in [1.807, 2.05) is 37.3 Å². The Morgan fingerprint density at radius 2 is 1.96 bits per heavy atom. The number of nitrogens with zero attached hydrogens (tertiary/aromatic N) is 1. The number of urea groups is 1. The fourth-order valence-corrected chi connectivity index (χ4v) is 2.86. The molecule has 24 heavy (non-hydrogen) atoms. The number of rotatable bonds is 3. The minimum atomic E-state index is -0.423. The summed E-state index contributed by atoms with van der Waals surface area (Å²) in [6.07, 6.45) is 0. The van der Waals surface area contributed by atoms with Crippen LogP contribution in [0.2, 0.25) is 0 Å². The number of amides is 3. The van der Waals surface area contributed by atoms with Crippen LogP contribution < -0.4 is 10.9 Å². The van der Waals surface area contributed by atoms with Crippen LogP contribution in [-0.4, -0.2) is 23.9 Å². The monoisotopic (exact) mass is 343 g/mol. The number of furan rings is 1. The number of hydrazine groups is 1. The molecule has 124 valence electrons. The molecule has 0 saturated heterocycles. The molecule has 1 aromatic carbocycles. The SMILES string of the molecule is C[C@@H](c1cc2ccccc2o1)N(C)C(=O)NNC(=O)c1cccs1. The van der Waals surface area contributed by atoms with Crippen molar-refractivity contribution in [3.63, 3.8) is 0 Å². The fourth-order valence-electron chi connectivity index (χ4n) is 2.24. The van der Waals surface area contributed by atoms with Crippen LogP contribution >= 0.6 is 11.3 Å². The Morgan fingerprint density at radius 1 is 1.17 bits per heavy atom. The van der Waals surface area contributed by atoms with Gasteiger partial charge in [-0.1, -0.05) is 24.3 Å². The molecule has 0 bridgehead atoms. The van der Waals surface area contributed by atoms with E-state index < -0.39 is 6.03 Å². The van der Waals surface area contributed by atoms with Gasteiger partial charge in [0.2, 0.25) is 0 Å². The number of fused-ring (bicyclic) bond motifs is 1. The molecule has 0 aliphatic carbocycles. The van der Waals surface area contributed by atoms with Crippen LogP contribution in [0.15, 0.2) is 52.3 Å². The van der Waals surface area contributed by atoms with Gasteiger partial charge in [-0.15, -0.1) is 11.3 Å². The summed E-state index contributed by atoms with van der Waals surface area (Å²) in [7, 11) is 1.64. The van der Waals surface area contributed by atoms with Gasteiger partial charge in [0.05, 0.1) is 10.9 Å². The predicted octanol–water partition coefficient (Wildman–Crippen LogP) is 3.54. The van der Waals surface area contributed by atoms with Gasteiger partial charge in [0, 0.05) is 12.4 Å². The average Bonchev–Trinajstić information content (AvgIpc) is 3.26. The van der Waals surface area contributed by atoms with Gasteiger partial charge in [-0.05, 0) is 30.5 Å². The number of carbonyl (C=O) groups is 2. The Hall–Kier alpha value is -2.80. The second kappa shape index (κ2) is 6.76. The van der Waals surface area contributed by atoms with E-state index >= 15 is 0 Å². The molecule has 7 heteroatoms. The number of hydrogen-bond donors (Lipinski definition) is 2. The molecule has 1 atom stereocenters. The van der Waals surface area contributed by atoms with Gasteiger partial charge in [0.15, 0.2) is 0 Å². The second-order valence-corrected chi connectivity index (χ2v) is 6.28. The second-order valence-electron chi connectivity index (χ2n) is 5.34. The van der Waals surface area contributed by atoms with Gasteiger partial charge < -0.3 is 9.32 Å². The highest BCUT2D eigenvalue weighted by molar-refractivity contribution is 7.12. The van der Waals surface area contributed by atoms with Gasteiger partial charge in [0.1, 0.15) is 11.3 Å². The fraction of sp³-hybridized carbons (Fsp3) is 0.176. The highest BCUT2D eigenvalue weighted by atomic mass is 32.1. The van der Waals surface area contributed by atoms with Crippen molar-refractivity contribution in [2.24, 2.45) is 0 Å². The highest BCUT2D eigenvalue weighted by Crippen LogP contribution is 2.26. The lowest BCUT2D eigenvalue weighted by Gasteiger charge is -2.23. The number of para-hydroxylation sites is 1. The lowest BCUT2D eigenvalue weighted by atomic mass is 10.2. The Morgan fingerprint density at radius 3 is 2.67 bits per heavy atom. The van der Waals surface area contributed by atoms with E-state index in [9.17, 15) is 9.59 Å². The van der Waals surface area contributed by atoms with E-state index in [0.29, 0.717) is 10.6 Å². The van der Waals surface area contributed by atoms with Crippen LogP contribution in [0, 0.1) is 0 Å². The van der Waals surface area contributed by atoms with Gasteiger partial charge in [-0.3, -0.25) is 10.2 Å². The topological polar surface area (TPSA) is 74.6 Å². The third-order valence-corrected chi connectivity index (χ3v) is 4.65. The largest absolute Gasteiger partial charge is 0.459 e. The molecule has 3 rings (SSSR count). The van der Waals surface area contributed by atoms with Crippen LogP contribution in [-0.2, 0) is 0 Å². The van der Waals surface area contributed by atoms with Gasteiger partial charge in [0.25, 0.3) is 5.91 Å². The van der Waals surface area contributed by atoms with Crippen LogP contribution in [0.25, 0.3) is 11.0 Å². The Labute approximate surface area is 143 Å². The van der Waals surface area contributed by atoms with E-state index in [1.165, 1.54) is 16.2 Å². The number of hydrogen-bond acceptors (Lipinski definition) is 4. The van der Waals surface area contributed by atoms with Crippen molar-refractivity contribution < 1.29 is 14.0 Å². The van der Waals surface area contributed by atoms with Crippen molar-refractivity contribution in [1.29, 1.82) is 0 Å². The maximum absolute atomic E-state index is 12.2. The summed E-state index contributed by atoms with van der Waals surface area (Å²) in [5.74, 6) is 0.335. The summed E-state index contributed by atoms with van der Waals surface area (Å²) in [5, 5.41) is 2.78. The number of carbonyl (C=O) groups excluding carboxylic acids is 2. The maximum Gasteiger partial charge on any atom is 0.336 e. The van der Waals surface area contributed by atoms with E-state index in [4.69, 9.17) is 4.42 Å². The third-order valence-electron chi connectivity index (χ3n) is 3.79. The zero-order valence-electron chi connectivity index (χ0n) is 13.3. The molecule has 0 aliphatic heterocycles. The van der Waals surface area contributed by atoms with Crippen molar-refractivity contribution in [2.75, 3.05) is 7.05 Å². The van der Waals surface area contributed by atoms with Crippen LogP contribution in [0.1, 0.15) is 28.4 Å². The standard InChI is InChI=1S/C17H17N3O3S/c1-11(14-10-12-6-3-4-7-13(12)23-14)20(2)17(22)19-18-16(21)15-8-5-9-24-15/h3-11H,1-2H3,(H,18,21)(H,19,22)/t11-/m0/s1. The molecule has 2 aromatic heterocycles. The molecule has 2 N–H and O–H groups in total. The quantitative estimate of drug-likeness (QED) is 0.714. The lowest BCUT2D eigenvalue weighted by molar-refractivity contribution is 0.0932. The zero-order chi connectivity index (χ0) is 17.1. The molecule has 0 spiro atoms. The zero-order valence-corrected chi connectivity index (χ0v) is 14.1. The molecule has 2 heterocycles. The summed E-state index contributed by atoms with van der Waals surface area (Å²) in [4.78, 5) is 26.0. The van der Waals surface area contributed by atoms with E-state index in [0.717, 1.165) is 11.0 Å². The van der Waals surface area contributed by atoms with Crippen molar-refractivity contribution >= 4 is 34.2 Å². The molecule has 3 amide bonds. The molecule has 0 radical (unpaired) electrons. The molecule has 0 saturated carbocycles.